The van der Waals surface area contributed by atoms with Gasteiger partial charge in [-0.25, -0.2) is 0 Å². The lowest BCUT2D eigenvalue weighted by Gasteiger charge is -2.26. The Balaban J connectivity index is 2.04. The number of pyridine rings is 1. The summed E-state index contributed by atoms with van der Waals surface area (Å²) in [4.78, 5) is 27.2. The third-order valence-electron chi connectivity index (χ3n) is 4.00. The molecule has 2 N–H and O–H groups in total. The molecule has 1 amide bonds. The van der Waals surface area contributed by atoms with Gasteiger partial charge in [0.15, 0.2) is 0 Å². The van der Waals surface area contributed by atoms with E-state index in [0.29, 0.717) is 11.4 Å². The van der Waals surface area contributed by atoms with Gasteiger partial charge in [0, 0.05) is 18.7 Å². The van der Waals surface area contributed by atoms with Crippen LogP contribution in [0.3, 0.4) is 0 Å². The van der Waals surface area contributed by atoms with Crippen molar-refractivity contribution in [2.75, 3.05) is 12.4 Å². The Morgan fingerprint density at radius 3 is 2.71 bits per heavy atom. The summed E-state index contributed by atoms with van der Waals surface area (Å²) in [6, 6.07) is 1.66. The highest BCUT2D eigenvalue weighted by Crippen LogP contribution is 2.44. The number of amides is 1. The maximum absolute atomic E-state index is 12.2. The van der Waals surface area contributed by atoms with E-state index in [1.54, 1.807) is 12.3 Å². The molecule has 6 nitrogen and oxygen atoms in total. The molecule has 0 radical (unpaired) electrons. The lowest BCUT2D eigenvalue weighted by atomic mass is 9.79. The minimum Gasteiger partial charge on any atom is -0.494 e. The van der Waals surface area contributed by atoms with Crippen molar-refractivity contribution in [1.29, 1.82) is 0 Å². The number of carbonyl (C=O) groups is 2. The number of aromatic nitrogens is 1. The van der Waals surface area contributed by atoms with E-state index in [-0.39, 0.29) is 18.7 Å². The molecule has 2 rings (SSSR count). The number of hydrogen-bond donors (Lipinski definition) is 2. The lowest BCUT2D eigenvalue weighted by molar-refractivity contribution is -0.140. The van der Waals surface area contributed by atoms with Crippen LogP contribution in [0, 0.1) is 5.41 Å². The molecule has 0 aliphatic heterocycles. The monoisotopic (exact) mass is 292 g/mol. The number of nitrogens with zero attached hydrogens (tertiary/aromatic N) is 1. The van der Waals surface area contributed by atoms with Crippen molar-refractivity contribution >= 4 is 17.6 Å². The number of anilines is 1. The highest BCUT2D eigenvalue weighted by molar-refractivity contribution is 5.92. The van der Waals surface area contributed by atoms with Gasteiger partial charge in [0.1, 0.15) is 11.4 Å². The molecule has 21 heavy (non-hydrogen) atoms. The zero-order valence-corrected chi connectivity index (χ0v) is 12.1. The molecule has 114 valence electrons. The van der Waals surface area contributed by atoms with Crippen molar-refractivity contribution < 1.29 is 19.4 Å². The van der Waals surface area contributed by atoms with Crippen molar-refractivity contribution in [2.24, 2.45) is 5.41 Å². The summed E-state index contributed by atoms with van der Waals surface area (Å²) in [7, 11) is 1.52. The molecule has 1 fully saturated rings. The summed E-state index contributed by atoms with van der Waals surface area (Å²) in [5.74, 6) is -0.495. The van der Waals surface area contributed by atoms with Crippen molar-refractivity contribution in [2.45, 2.75) is 38.5 Å². The molecule has 0 aromatic carbocycles. The summed E-state index contributed by atoms with van der Waals surface area (Å²) < 4.78 is 5.16. The number of carbonyl (C=O) groups excluding carboxylic acids is 1. The SMILES string of the molecule is COc1ccncc1NC(=O)CC1(CC(=O)O)CCCC1. The first-order chi connectivity index (χ1) is 10.0. The van der Waals surface area contributed by atoms with Crippen molar-refractivity contribution in [1.82, 2.24) is 4.98 Å². The second-order valence-corrected chi connectivity index (χ2v) is 5.58. The fourth-order valence-electron chi connectivity index (χ4n) is 3.05. The maximum Gasteiger partial charge on any atom is 0.303 e. The van der Waals surface area contributed by atoms with Gasteiger partial charge in [0.05, 0.1) is 19.7 Å². The minimum absolute atomic E-state index is 0.0462. The molecule has 1 aliphatic carbocycles. The quantitative estimate of drug-likeness (QED) is 0.840. The van der Waals surface area contributed by atoms with Gasteiger partial charge in [-0.2, -0.15) is 0 Å². The molecule has 1 aromatic heterocycles. The number of rotatable bonds is 6. The predicted octanol–water partition coefficient (Wildman–Crippen LogP) is 2.45. The second-order valence-electron chi connectivity index (χ2n) is 5.58. The van der Waals surface area contributed by atoms with Crippen LogP contribution in [0.5, 0.6) is 5.75 Å². The van der Waals surface area contributed by atoms with Crippen LogP contribution in [0.2, 0.25) is 0 Å². The Kier molecular flexibility index (Phi) is 4.77. The molecule has 6 heteroatoms. The number of carboxylic acid groups (broad SMARTS) is 1. The molecule has 0 unspecified atom stereocenters. The molecule has 1 aromatic rings. The van der Waals surface area contributed by atoms with Crippen LogP contribution in [-0.4, -0.2) is 29.1 Å². The largest absolute Gasteiger partial charge is 0.494 e. The van der Waals surface area contributed by atoms with E-state index in [1.165, 1.54) is 13.3 Å². The fraction of sp³-hybridized carbons (Fsp3) is 0.533. The van der Waals surface area contributed by atoms with Crippen molar-refractivity contribution in [3.05, 3.63) is 18.5 Å². The highest BCUT2D eigenvalue weighted by Gasteiger charge is 2.38. The molecule has 1 saturated carbocycles. The number of nitrogens with one attached hydrogen (secondary N) is 1. The number of carboxylic acids is 1. The average Bonchev–Trinajstić information content (AvgIpc) is 2.86. The molecule has 0 spiro atoms. The normalized spacial score (nSPS) is 16.4. The Labute approximate surface area is 123 Å². The predicted molar refractivity (Wildman–Crippen MR) is 77.2 cm³/mol. The van der Waals surface area contributed by atoms with Crippen LogP contribution in [-0.2, 0) is 9.59 Å². The molecule has 1 aliphatic rings. The molecular formula is C15H20N2O4. The number of methoxy groups -OCH3 is 1. The lowest BCUT2D eigenvalue weighted by Crippen LogP contribution is -2.27. The third kappa shape index (κ3) is 3.93. The smallest absolute Gasteiger partial charge is 0.303 e. The van der Waals surface area contributed by atoms with Gasteiger partial charge in [-0.1, -0.05) is 12.8 Å². The second kappa shape index (κ2) is 6.56. The average molecular weight is 292 g/mol. The zero-order chi connectivity index (χ0) is 15.3. The van der Waals surface area contributed by atoms with Gasteiger partial charge in [-0.3, -0.25) is 14.6 Å². The Morgan fingerprint density at radius 1 is 1.38 bits per heavy atom. The van der Waals surface area contributed by atoms with E-state index in [9.17, 15) is 9.59 Å². The van der Waals surface area contributed by atoms with E-state index in [4.69, 9.17) is 9.84 Å². The topological polar surface area (TPSA) is 88.5 Å². The first-order valence-corrected chi connectivity index (χ1v) is 7.04. The summed E-state index contributed by atoms with van der Waals surface area (Å²) in [5.41, 5.74) is 0.0965. The van der Waals surface area contributed by atoms with E-state index in [2.05, 4.69) is 10.3 Å². The van der Waals surface area contributed by atoms with Gasteiger partial charge in [-0.15, -0.1) is 0 Å². The first kappa shape index (κ1) is 15.3. The van der Waals surface area contributed by atoms with Crippen LogP contribution in [0.15, 0.2) is 18.5 Å². The first-order valence-electron chi connectivity index (χ1n) is 7.04. The van der Waals surface area contributed by atoms with Crippen LogP contribution in [0.25, 0.3) is 0 Å². The van der Waals surface area contributed by atoms with E-state index >= 15 is 0 Å². The van der Waals surface area contributed by atoms with Gasteiger partial charge in [-0.05, 0) is 18.3 Å². The zero-order valence-electron chi connectivity index (χ0n) is 12.1. The molecule has 1 heterocycles. The van der Waals surface area contributed by atoms with E-state index in [0.717, 1.165) is 25.7 Å². The summed E-state index contributed by atoms with van der Waals surface area (Å²) >= 11 is 0. The number of hydrogen-bond acceptors (Lipinski definition) is 4. The third-order valence-corrected chi connectivity index (χ3v) is 4.00. The standard InChI is InChI=1S/C15H20N2O4/c1-21-12-4-7-16-10-11(12)17-13(18)8-15(9-14(19)20)5-2-3-6-15/h4,7,10H,2-3,5-6,8-9H2,1H3,(H,17,18)(H,19,20). The molecular weight excluding hydrogens is 272 g/mol. The van der Waals surface area contributed by atoms with E-state index in [1.807, 2.05) is 0 Å². The van der Waals surface area contributed by atoms with Gasteiger partial charge < -0.3 is 15.2 Å². The summed E-state index contributed by atoms with van der Waals surface area (Å²) in [5, 5.41) is 11.8. The van der Waals surface area contributed by atoms with Crippen LogP contribution < -0.4 is 10.1 Å². The van der Waals surface area contributed by atoms with Crippen LogP contribution in [0.4, 0.5) is 5.69 Å². The number of ether oxygens (including phenoxy) is 1. The summed E-state index contributed by atoms with van der Waals surface area (Å²) in [6.45, 7) is 0. The molecule has 0 bridgehead atoms. The minimum atomic E-state index is -0.844. The Bertz CT molecular complexity index is 524. The molecule has 0 atom stereocenters. The van der Waals surface area contributed by atoms with E-state index < -0.39 is 11.4 Å². The summed E-state index contributed by atoms with van der Waals surface area (Å²) in [6.07, 6.45) is 6.91. The highest BCUT2D eigenvalue weighted by atomic mass is 16.5. The Morgan fingerprint density at radius 2 is 2.10 bits per heavy atom. The fourth-order valence-corrected chi connectivity index (χ4v) is 3.05. The number of aliphatic carboxylic acids is 1. The van der Waals surface area contributed by atoms with Gasteiger partial charge in [0.2, 0.25) is 5.91 Å². The van der Waals surface area contributed by atoms with Crippen LogP contribution in [0.1, 0.15) is 38.5 Å². The van der Waals surface area contributed by atoms with Gasteiger partial charge in [0.25, 0.3) is 0 Å². The van der Waals surface area contributed by atoms with Crippen LogP contribution >= 0.6 is 0 Å². The van der Waals surface area contributed by atoms with Gasteiger partial charge >= 0.3 is 5.97 Å². The van der Waals surface area contributed by atoms with Crippen molar-refractivity contribution in [3.63, 3.8) is 0 Å². The Hall–Kier alpha value is -2.11. The van der Waals surface area contributed by atoms with Crippen molar-refractivity contribution in [3.8, 4) is 5.75 Å². The molecule has 0 saturated heterocycles. The maximum atomic E-state index is 12.2.